The third-order valence-corrected chi connectivity index (χ3v) is 3.40. The molecule has 18 heavy (non-hydrogen) atoms. The summed E-state index contributed by atoms with van der Waals surface area (Å²) in [4.78, 5) is 11.3. The van der Waals surface area contributed by atoms with Crippen LogP contribution < -0.4 is 0 Å². The monoisotopic (exact) mass is 320 g/mol. The van der Waals surface area contributed by atoms with E-state index in [-0.39, 0.29) is 5.97 Å². The Labute approximate surface area is 121 Å². The van der Waals surface area contributed by atoms with Crippen molar-refractivity contribution >= 4 is 21.9 Å². The fourth-order valence-corrected chi connectivity index (χ4v) is 2.15. The first-order chi connectivity index (χ1) is 8.66. The molecular formula is C15H29BrO2. The minimum atomic E-state index is -0.0268. The van der Waals surface area contributed by atoms with Crippen LogP contribution in [0.4, 0.5) is 0 Å². The van der Waals surface area contributed by atoms with Crippen molar-refractivity contribution in [3.05, 3.63) is 0 Å². The molecule has 0 heterocycles. The van der Waals surface area contributed by atoms with Gasteiger partial charge in [0.25, 0.3) is 0 Å². The highest BCUT2D eigenvalue weighted by Crippen LogP contribution is 2.10. The van der Waals surface area contributed by atoms with Gasteiger partial charge in [0.15, 0.2) is 0 Å². The molecule has 0 fully saturated rings. The number of hydrogen-bond donors (Lipinski definition) is 0. The second-order valence-electron chi connectivity index (χ2n) is 5.34. The molecule has 108 valence electrons. The number of rotatable bonds is 12. The van der Waals surface area contributed by atoms with E-state index >= 15 is 0 Å². The molecule has 0 amide bonds. The van der Waals surface area contributed by atoms with Crippen LogP contribution in [0.1, 0.15) is 71.6 Å². The summed E-state index contributed by atoms with van der Waals surface area (Å²) in [6, 6.07) is 0. The standard InChI is InChI=1S/C15H29BrO2/c1-14(2)13-18-15(17)11-9-7-5-3-4-6-8-10-12-16/h14H,3-13H2,1-2H3. The quantitative estimate of drug-likeness (QED) is 0.284. The Kier molecular flexibility index (Phi) is 13.3. The van der Waals surface area contributed by atoms with Gasteiger partial charge in [0.05, 0.1) is 6.61 Å². The maximum atomic E-state index is 11.3. The summed E-state index contributed by atoms with van der Waals surface area (Å²) in [7, 11) is 0. The highest BCUT2D eigenvalue weighted by molar-refractivity contribution is 9.09. The number of halogens is 1. The average molecular weight is 321 g/mol. The molecule has 0 N–H and O–H groups in total. The molecule has 0 bridgehead atoms. The lowest BCUT2D eigenvalue weighted by molar-refractivity contribution is -0.144. The zero-order valence-electron chi connectivity index (χ0n) is 12.0. The molecule has 0 radical (unpaired) electrons. The Morgan fingerprint density at radius 2 is 1.44 bits per heavy atom. The highest BCUT2D eigenvalue weighted by Gasteiger charge is 2.03. The molecule has 0 aliphatic carbocycles. The Hall–Kier alpha value is -0.0500. The third-order valence-electron chi connectivity index (χ3n) is 2.84. The zero-order valence-corrected chi connectivity index (χ0v) is 13.6. The van der Waals surface area contributed by atoms with Gasteiger partial charge in [-0.25, -0.2) is 0 Å². The minimum Gasteiger partial charge on any atom is -0.465 e. The predicted molar refractivity (Wildman–Crippen MR) is 81.1 cm³/mol. The van der Waals surface area contributed by atoms with E-state index in [0.717, 1.165) is 18.2 Å². The van der Waals surface area contributed by atoms with Crippen molar-refractivity contribution in [1.29, 1.82) is 0 Å². The molecule has 3 heteroatoms. The topological polar surface area (TPSA) is 26.3 Å². The van der Waals surface area contributed by atoms with Gasteiger partial charge in [0.1, 0.15) is 0 Å². The Morgan fingerprint density at radius 1 is 0.944 bits per heavy atom. The summed E-state index contributed by atoms with van der Waals surface area (Å²) in [6.07, 6.45) is 10.6. The summed E-state index contributed by atoms with van der Waals surface area (Å²) in [5.74, 6) is 0.412. The van der Waals surface area contributed by atoms with Crippen molar-refractivity contribution in [2.24, 2.45) is 5.92 Å². The number of carbonyl (C=O) groups excluding carboxylic acids is 1. The lowest BCUT2D eigenvalue weighted by atomic mass is 10.1. The van der Waals surface area contributed by atoms with Gasteiger partial charge < -0.3 is 4.74 Å². The number of esters is 1. The number of hydrogen-bond acceptors (Lipinski definition) is 2. The Balaban J connectivity index is 3.12. The van der Waals surface area contributed by atoms with Crippen LogP contribution in [0.25, 0.3) is 0 Å². The molecule has 2 nitrogen and oxygen atoms in total. The predicted octanol–water partition coefficient (Wildman–Crippen LogP) is 5.09. The molecule has 0 aromatic carbocycles. The smallest absolute Gasteiger partial charge is 0.305 e. The van der Waals surface area contributed by atoms with Crippen LogP contribution in [0, 0.1) is 5.92 Å². The summed E-state index contributed by atoms with van der Waals surface area (Å²) < 4.78 is 5.13. The van der Waals surface area contributed by atoms with Gasteiger partial charge in [-0.3, -0.25) is 4.79 Å². The van der Waals surface area contributed by atoms with Crippen LogP contribution in [0.2, 0.25) is 0 Å². The number of carbonyl (C=O) groups is 1. The number of unbranched alkanes of at least 4 members (excludes halogenated alkanes) is 7. The average Bonchev–Trinajstić information content (AvgIpc) is 2.34. The van der Waals surface area contributed by atoms with Crippen LogP contribution in [-0.4, -0.2) is 17.9 Å². The molecule has 0 aliphatic heterocycles. The molecule has 0 saturated carbocycles. The first-order valence-corrected chi connectivity index (χ1v) is 8.50. The first-order valence-electron chi connectivity index (χ1n) is 7.38. The number of alkyl halides is 1. The summed E-state index contributed by atoms with van der Waals surface area (Å²) in [5, 5.41) is 1.13. The van der Waals surface area contributed by atoms with Gasteiger partial charge in [-0.05, 0) is 18.8 Å². The van der Waals surface area contributed by atoms with Gasteiger partial charge in [0.2, 0.25) is 0 Å². The summed E-state index contributed by atoms with van der Waals surface area (Å²) >= 11 is 3.44. The van der Waals surface area contributed by atoms with Crippen LogP contribution in [0.15, 0.2) is 0 Å². The van der Waals surface area contributed by atoms with Gasteiger partial charge in [-0.1, -0.05) is 68.3 Å². The molecule has 0 rings (SSSR count). The van der Waals surface area contributed by atoms with Crippen molar-refractivity contribution in [3.63, 3.8) is 0 Å². The fraction of sp³-hybridized carbons (Fsp3) is 0.933. The molecule has 0 aliphatic rings. The van der Waals surface area contributed by atoms with Crippen molar-refractivity contribution in [2.75, 3.05) is 11.9 Å². The van der Waals surface area contributed by atoms with Gasteiger partial charge >= 0.3 is 5.97 Å². The molecule has 0 spiro atoms. The van der Waals surface area contributed by atoms with E-state index in [9.17, 15) is 4.79 Å². The van der Waals surface area contributed by atoms with Gasteiger partial charge in [-0.2, -0.15) is 0 Å². The molecule has 0 saturated heterocycles. The molecular weight excluding hydrogens is 292 g/mol. The Morgan fingerprint density at radius 3 is 1.94 bits per heavy atom. The summed E-state index contributed by atoms with van der Waals surface area (Å²) in [6.45, 7) is 4.68. The van der Waals surface area contributed by atoms with Crippen LogP contribution in [0.3, 0.4) is 0 Å². The van der Waals surface area contributed by atoms with E-state index in [1.807, 2.05) is 0 Å². The normalized spacial score (nSPS) is 10.9. The minimum absolute atomic E-state index is 0.0268. The zero-order chi connectivity index (χ0) is 13.6. The van der Waals surface area contributed by atoms with Crippen molar-refractivity contribution in [3.8, 4) is 0 Å². The van der Waals surface area contributed by atoms with E-state index in [1.165, 1.54) is 38.5 Å². The SMILES string of the molecule is CC(C)COC(=O)CCCCCCCCCCBr. The van der Waals surface area contributed by atoms with Crippen molar-refractivity contribution in [2.45, 2.75) is 71.6 Å². The largest absolute Gasteiger partial charge is 0.465 e. The van der Waals surface area contributed by atoms with Crippen LogP contribution in [0.5, 0.6) is 0 Å². The Bertz CT molecular complexity index is 193. The highest BCUT2D eigenvalue weighted by atomic mass is 79.9. The fourth-order valence-electron chi connectivity index (χ4n) is 1.76. The van der Waals surface area contributed by atoms with E-state index in [0.29, 0.717) is 18.9 Å². The van der Waals surface area contributed by atoms with E-state index in [1.54, 1.807) is 0 Å². The van der Waals surface area contributed by atoms with E-state index in [2.05, 4.69) is 29.8 Å². The molecule has 0 unspecified atom stereocenters. The third kappa shape index (κ3) is 14.0. The van der Waals surface area contributed by atoms with Gasteiger partial charge in [0, 0.05) is 11.8 Å². The van der Waals surface area contributed by atoms with Crippen molar-refractivity contribution < 1.29 is 9.53 Å². The summed E-state index contributed by atoms with van der Waals surface area (Å²) in [5.41, 5.74) is 0. The number of ether oxygens (including phenoxy) is 1. The van der Waals surface area contributed by atoms with Crippen LogP contribution in [-0.2, 0) is 9.53 Å². The second-order valence-corrected chi connectivity index (χ2v) is 6.14. The first kappa shape index (κ1) is 17.9. The molecule has 0 aromatic heterocycles. The van der Waals surface area contributed by atoms with E-state index < -0.39 is 0 Å². The van der Waals surface area contributed by atoms with Crippen molar-refractivity contribution in [1.82, 2.24) is 0 Å². The second kappa shape index (κ2) is 13.4. The molecule has 0 atom stereocenters. The van der Waals surface area contributed by atoms with Crippen LogP contribution >= 0.6 is 15.9 Å². The lowest BCUT2D eigenvalue weighted by Gasteiger charge is -2.06. The maximum absolute atomic E-state index is 11.3. The lowest BCUT2D eigenvalue weighted by Crippen LogP contribution is -2.09. The molecule has 0 aromatic rings. The van der Waals surface area contributed by atoms with Gasteiger partial charge in [-0.15, -0.1) is 0 Å². The maximum Gasteiger partial charge on any atom is 0.305 e. The van der Waals surface area contributed by atoms with E-state index in [4.69, 9.17) is 4.74 Å².